The molecule has 1 N–H and O–H groups in total. The third-order valence-electron chi connectivity index (χ3n) is 6.45. The highest BCUT2D eigenvalue weighted by molar-refractivity contribution is 6.06. The van der Waals surface area contributed by atoms with Gasteiger partial charge < -0.3 is 19.5 Å². The zero-order valence-corrected chi connectivity index (χ0v) is 18.7. The van der Waals surface area contributed by atoms with Gasteiger partial charge in [0.1, 0.15) is 0 Å². The predicted molar refractivity (Wildman–Crippen MR) is 127 cm³/mol. The Morgan fingerprint density at radius 3 is 2.66 bits per heavy atom. The van der Waals surface area contributed by atoms with Gasteiger partial charge >= 0.3 is 0 Å². The van der Waals surface area contributed by atoms with Crippen LogP contribution in [0.4, 0.5) is 11.6 Å². The van der Waals surface area contributed by atoms with Crippen LogP contribution in [-0.4, -0.2) is 59.8 Å². The van der Waals surface area contributed by atoms with Gasteiger partial charge in [-0.2, -0.15) is 0 Å². The highest BCUT2D eigenvalue weighted by atomic mass is 16.5. The summed E-state index contributed by atoms with van der Waals surface area (Å²) >= 11 is 0. The van der Waals surface area contributed by atoms with Crippen LogP contribution in [0.5, 0.6) is 0 Å². The zero-order valence-electron chi connectivity index (χ0n) is 18.7. The van der Waals surface area contributed by atoms with Crippen molar-refractivity contribution in [1.82, 2.24) is 14.5 Å². The van der Waals surface area contributed by atoms with E-state index in [9.17, 15) is 4.79 Å². The molecule has 0 spiro atoms. The fourth-order valence-electron chi connectivity index (χ4n) is 4.70. The molecule has 0 saturated carbocycles. The first-order valence-electron chi connectivity index (χ1n) is 11.6. The summed E-state index contributed by atoms with van der Waals surface area (Å²) in [4.78, 5) is 22.5. The molecule has 3 aromatic rings. The molecule has 1 amide bonds. The van der Waals surface area contributed by atoms with E-state index in [0.29, 0.717) is 18.8 Å². The maximum atomic E-state index is 13.0. The molecule has 32 heavy (non-hydrogen) atoms. The number of morpholine rings is 1. The van der Waals surface area contributed by atoms with Gasteiger partial charge in [0, 0.05) is 37.9 Å². The molecule has 2 aliphatic heterocycles. The van der Waals surface area contributed by atoms with Crippen molar-refractivity contribution in [3.63, 3.8) is 0 Å². The minimum atomic E-state index is -0.111. The number of carbonyl (C=O) groups excluding carboxylic acids is 1. The second kappa shape index (κ2) is 9.30. The Morgan fingerprint density at radius 1 is 1.03 bits per heavy atom. The number of hydrogen-bond donors (Lipinski definition) is 1. The van der Waals surface area contributed by atoms with E-state index in [-0.39, 0.29) is 5.91 Å². The normalized spacial score (nSPS) is 17.6. The van der Waals surface area contributed by atoms with Crippen LogP contribution in [0.15, 0.2) is 42.5 Å². The standard InChI is InChI=1S/C25H31N5O2/c1-28-23-9-8-20(17-22(23)27-25(28)30-12-14-32-15-13-30)24(31)26-21-7-5-6-19(16-21)18-29-10-3-2-4-11-29/h5-9,16-17H,2-4,10-15,18H2,1H3,(H,26,31). The molecule has 2 aliphatic rings. The summed E-state index contributed by atoms with van der Waals surface area (Å²) in [5.41, 5.74) is 4.54. The van der Waals surface area contributed by atoms with Gasteiger partial charge in [-0.3, -0.25) is 9.69 Å². The summed E-state index contributed by atoms with van der Waals surface area (Å²) in [5.74, 6) is 0.812. The molecular formula is C25H31N5O2. The fourth-order valence-corrected chi connectivity index (χ4v) is 4.70. The molecule has 7 heteroatoms. The molecule has 2 fully saturated rings. The fraction of sp³-hybridized carbons (Fsp3) is 0.440. The van der Waals surface area contributed by atoms with Gasteiger partial charge in [0.05, 0.1) is 24.2 Å². The van der Waals surface area contributed by atoms with Gasteiger partial charge in [-0.05, 0) is 61.8 Å². The van der Waals surface area contributed by atoms with E-state index in [1.54, 1.807) is 0 Å². The zero-order chi connectivity index (χ0) is 21.9. The molecule has 0 aliphatic carbocycles. The Balaban J connectivity index is 1.31. The summed E-state index contributed by atoms with van der Waals surface area (Å²) in [7, 11) is 2.02. The molecule has 168 valence electrons. The molecule has 0 bridgehead atoms. The lowest BCUT2D eigenvalue weighted by atomic mass is 10.1. The number of nitrogens with zero attached hydrogens (tertiary/aromatic N) is 4. The molecule has 5 rings (SSSR count). The van der Waals surface area contributed by atoms with Gasteiger partial charge in [0.25, 0.3) is 5.91 Å². The number of likely N-dealkylation sites (tertiary alicyclic amines) is 1. The largest absolute Gasteiger partial charge is 0.378 e. The van der Waals surface area contributed by atoms with E-state index in [1.165, 1.54) is 24.8 Å². The van der Waals surface area contributed by atoms with Gasteiger partial charge in [-0.25, -0.2) is 4.98 Å². The maximum absolute atomic E-state index is 13.0. The average molecular weight is 434 g/mol. The Labute approximate surface area is 189 Å². The number of piperidine rings is 1. The number of ether oxygens (including phenoxy) is 1. The van der Waals surface area contributed by atoms with E-state index < -0.39 is 0 Å². The van der Waals surface area contributed by atoms with Crippen LogP contribution in [0.3, 0.4) is 0 Å². The molecule has 3 heterocycles. The van der Waals surface area contributed by atoms with Crippen molar-refractivity contribution in [2.24, 2.45) is 7.05 Å². The smallest absolute Gasteiger partial charge is 0.255 e. The number of rotatable bonds is 5. The van der Waals surface area contributed by atoms with Crippen LogP contribution in [0.25, 0.3) is 11.0 Å². The van der Waals surface area contributed by atoms with E-state index in [2.05, 4.69) is 31.8 Å². The summed E-state index contributed by atoms with van der Waals surface area (Å²) in [6.07, 6.45) is 3.89. The van der Waals surface area contributed by atoms with Crippen molar-refractivity contribution in [3.05, 3.63) is 53.6 Å². The van der Waals surface area contributed by atoms with Gasteiger partial charge in [-0.15, -0.1) is 0 Å². The van der Waals surface area contributed by atoms with Crippen molar-refractivity contribution in [3.8, 4) is 0 Å². The highest BCUT2D eigenvalue weighted by Gasteiger charge is 2.19. The number of hydrogen-bond acceptors (Lipinski definition) is 5. The van der Waals surface area contributed by atoms with Gasteiger partial charge in [0.2, 0.25) is 5.95 Å². The number of fused-ring (bicyclic) bond motifs is 1. The number of aryl methyl sites for hydroxylation is 1. The van der Waals surface area contributed by atoms with E-state index in [1.807, 2.05) is 37.4 Å². The Kier molecular flexibility index (Phi) is 6.10. The number of imidazole rings is 1. The Bertz CT molecular complexity index is 1100. The van der Waals surface area contributed by atoms with Crippen molar-refractivity contribution < 1.29 is 9.53 Å². The number of anilines is 2. The lowest BCUT2D eigenvalue weighted by Gasteiger charge is -2.27. The monoisotopic (exact) mass is 433 g/mol. The maximum Gasteiger partial charge on any atom is 0.255 e. The first-order valence-corrected chi connectivity index (χ1v) is 11.6. The summed E-state index contributed by atoms with van der Waals surface area (Å²) in [5, 5.41) is 3.07. The number of benzene rings is 2. The minimum Gasteiger partial charge on any atom is -0.378 e. The average Bonchev–Trinajstić information content (AvgIpc) is 3.16. The third kappa shape index (κ3) is 4.49. The lowest BCUT2D eigenvalue weighted by Crippen LogP contribution is -2.37. The molecular weight excluding hydrogens is 402 g/mol. The molecule has 7 nitrogen and oxygen atoms in total. The number of nitrogens with one attached hydrogen (secondary N) is 1. The van der Waals surface area contributed by atoms with Crippen molar-refractivity contribution in [2.45, 2.75) is 25.8 Å². The van der Waals surface area contributed by atoms with E-state index >= 15 is 0 Å². The van der Waals surface area contributed by atoms with E-state index in [0.717, 1.165) is 55.4 Å². The Morgan fingerprint density at radius 2 is 1.84 bits per heavy atom. The molecule has 2 saturated heterocycles. The summed E-state index contributed by atoms with van der Waals surface area (Å²) in [6.45, 7) is 6.35. The summed E-state index contributed by atoms with van der Waals surface area (Å²) in [6, 6.07) is 13.9. The molecule has 2 aromatic carbocycles. The molecule has 0 unspecified atom stereocenters. The highest BCUT2D eigenvalue weighted by Crippen LogP contribution is 2.24. The first kappa shape index (κ1) is 21.0. The van der Waals surface area contributed by atoms with Crippen molar-refractivity contribution in [2.75, 3.05) is 49.6 Å². The van der Waals surface area contributed by atoms with Crippen LogP contribution >= 0.6 is 0 Å². The van der Waals surface area contributed by atoms with Crippen LogP contribution < -0.4 is 10.2 Å². The minimum absolute atomic E-state index is 0.111. The molecule has 1 aromatic heterocycles. The lowest BCUT2D eigenvalue weighted by molar-refractivity contribution is 0.102. The van der Waals surface area contributed by atoms with Crippen molar-refractivity contribution >= 4 is 28.6 Å². The number of carbonyl (C=O) groups is 1. The van der Waals surface area contributed by atoms with Crippen LogP contribution in [0.2, 0.25) is 0 Å². The number of amides is 1. The predicted octanol–water partition coefficient (Wildman–Crippen LogP) is 3.65. The first-order chi connectivity index (χ1) is 15.7. The second-order valence-corrected chi connectivity index (χ2v) is 8.77. The quantitative estimate of drug-likeness (QED) is 0.666. The SMILES string of the molecule is Cn1c(N2CCOCC2)nc2cc(C(=O)Nc3cccc(CN4CCCCC4)c3)ccc21. The van der Waals surface area contributed by atoms with Crippen LogP contribution in [0.1, 0.15) is 35.2 Å². The van der Waals surface area contributed by atoms with Gasteiger partial charge in [0.15, 0.2) is 0 Å². The number of aromatic nitrogens is 2. The van der Waals surface area contributed by atoms with Crippen LogP contribution in [-0.2, 0) is 18.3 Å². The molecule has 0 atom stereocenters. The summed E-state index contributed by atoms with van der Waals surface area (Å²) < 4.78 is 7.55. The third-order valence-corrected chi connectivity index (χ3v) is 6.45. The van der Waals surface area contributed by atoms with Gasteiger partial charge in [-0.1, -0.05) is 18.6 Å². The topological polar surface area (TPSA) is 62.6 Å². The van der Waals surface area contributed by atoms with Crippen LogP contribution in [0, 0.1) is 0 Å². The Hall–Kier alpha value is -2.90. The second-order valence-electron chi connectivity index (χ2n) is 8.77. The molecule has 0 radical (unpaired) electrons. The van der Waals surface area contributed by atoms with E-state index in [4.69, 9.17) is 9.72 Å². The van der Waals surface area contributed by atoms with Crippen molar-refractivity contribution in [1.29, 1.82) is 0 Å².